The molecule has 0 saturated heterocycles. The van der Waals surface area contributed by atoms with Gasteiger partial charge in [-0.15, -0.1) is 0 Å². The second kappa shape index (κ2) is 5.31. The highest BCUT2D eigenvalue weighted by molar-refractivity contribution is 5.90. The molecule has 0 unspecified atom stereocenters. The molecule has 4 aromatic rings. The fourth-order valence-electron chi connectivity index (χ4n) is 2.58. The molecule has 4 rings (SSSR count). The summed E-state index contributed by atoms with van der Waals surface area (Å²) in [7, 11) is 0. The van der Waals surface area contributed by atoms with E-state index in [9.17, 15) is 14.6 Å². The molecule has 3 heterocycles. The van der Waals surface area contributed by atoms with Crippen molar-refractivity contribution >= 4 is 5.65 Å². The van der Waals surface area contributed by atoms with Gasteiger partial charge in [-0.1, -0.05) is 0 Å². The van der Waals surface area contributed by atoms with Gasteiger partial charge >= 0.3 is 0 Å². The third kappa shape index (κ3) is 2.23. The van der Waals surface area contributed by atoms with Gasteiger partial charge in [-0.05, 0) is 42.0 Å². The molecule has 0 spiro atoms. The fraction of sp³-hybridized carbons (Fsp3) is 0. The smallest absolute Gasteiger partial charge is 0.219 e. The number of aromatic hydroxyl groups is 2. The molecule has 0 bridgehead atoms. The number of halogens is 1. The molecule has 118 valence electrons. The average Bonchev–Trinajstić information content (AvgIpc) is 2.96. The van der Waals surface area contributed by atoms with Crippen molar-refractivity contribution in [3.63, 3.8) is 0 Å². The van der Waals surface area contributed by atoms with Crippen molar-refractivity contribution in [1.82, 2.24) is 19.6 Å². The van der Waals surface area contributed by atoms with E-state index in [0.717, 1.165) is 11.6 Å². The molecule has 24 heavy (non-hydrogen) atoms. The van der Waals surface area contributed by atoms with Crippen LogP contribution in [0.5, 0.6) is 11.8 Å². The van der Waals surface area contributed by atoms with E-state index in [1.807, 2.05) is 0 Å². The molecule has 0 aliphatic carbocycles. The minimum atomic E-state index is -0.355. The van der Waals surface area contributed by atoms with E-state index in [1.165, 1.54) is 16.6 Å². The Bertz CT molecular complexity index is 1030. The van der Waals surface area contributed by atoms with Crippen molar-refractivity contribution in [2.45, 2.75) is 0 Å². The number of benzene rings is 1. The lowest BCUT2D eigenvalue weighted by Gasteiger charge is -2.03. The van der Waals surface area contributed by atoms with Crippen molar-refractivity contribution < 1.29 is 14.6 Å². The van der Waals surface area contributed by atoms with Gasteiger partial charge in [0.1, 0.15) is 11.5 Å². The van der Waals surface area contributed by atoms with Gasteiger partial charge in [-0.25, -0.2) is 4.39 Å². The maximum atomic E-state index is 13.2. The summed E-state index contributed by atoms with van der Waals surface area (Å²) in [4.78, 5) is 8.07. The molecule has 3 aromatic heterocycles. The molecule has 0 radical (unpaired) electrons. The van der Waals surface area contributed by atoms with Crippen LogP contribution in [0.2, 0.25) is 0 Å². The van der Waals surface area contributed by atoms with Crippen molar-refractivity contribution in [3.8, 4) is 34.1 Å². The summed E-state index contributed by atoms with van der Waals surface area (Å²) in [5.74, 6) is -0.923. The second-order valence-corrected chi connectivity index (χ2v) is 5.17. The molecule has 7 heteroatoms. The quantitative estimate of drug-likeness (QED) is 0.593. The zero-order valence-corrected chi connectivity index (χ0v) is 12.3. The second-order valence-electron chi connectivity index (χ2n) is 5.17. The van der Waals surface area contributed by atoms with Gasteiger partial charge in [0.15, 0.2) is 5.65 Å². The minimum absolute atomic E-state index is 0.249. The van der Waals surface area contributed by atoms with Crippen molar-refractivity contribution in [3.05, 3.63) is 60.7 Å². The first-order valence-corrected chi connectivity index (χ1v) is 7.11. The average molecular weight is 322 g/mol. The predicted molar refractivity (Wildman–Crippen MR) is 84.9 cm³/mol. The van der Waals surface area contributed by atoms with Crippen LogP contribution >= 0.6 is 0 Å². The third-order valence-corrected chi connectivity index (χ3v) is 3.64. The van der Waals surface area contributed by atoms with Crippen molar-refractivity contribution in [2.75, 3.05) is 0 Å². The van der Waals surface area contributed by atoms with Crippen molar-refractivity contribution in [1.29, 1.82) is 0 Å². The number of fused-ring (bicyclic) bond motifs is 1. The van der Waals surface area contributed by atoms with Gasteiger partial charge in [0.25, 0.3) is 0 Å². The lowest BCUT2D eigenvalue weighted by Crippen LogP contribution is -1.91. The SMILES string of the molecule is Oc1cc(O)n2nc(-c3ccc(F)cc3)c(-c3ccncc3)c2n1. The standard InChI is InChI=1S/C17H11FN4O2/c18-12-3-1-11(2-4-12)16-15(10-5-7-19-8-6-10)17-20-13(23)9-14(24)22(17)21-16/h1-9,24H,(H,20,23). The highest BCUT2D eigenvalue weighted by atomic mass is 19.1. The van der Waals surface area contributed by atoms with Gasteiger partial charge in [-0.3, -0.25) is 4.98 Å². The van der Waals surface area contributed by atoms with Gasteiger partial charge < -0.3 is 10.2 Å². The van der Waals surface area contributed by atoms with E-state index < -0.39 is 0 Å². The number of hydrogen-bond acceptors (Lipinski definition) is 5. The molecule has 0 aliphatic rings. The first-order chi connectivity index (χ1) is 11.6. The van der Waals surface area contributed by atoms with Crippen molar-refractivity contribution in [2.24, 2.45) is 0 Å². The molecule has 0 amide bonds. The summed E-state index contributed by atoms with van der Waals surface area (Å²) in [6.07, 6.45) is 3.24. The fourth-order valence-corrected chi connectivity index (χ4v) is 2.58. The Kier molecular flexibility index (Phi) is 3.13. The van der Waals surface area contributed by atoms with Crippen LogP contribution < -0.4 is 0 Å². The van der Waals surface area contributed by atoms with Crippen LogP contribution in [-0.2, 0) is 0 Å². The third-order valence-electron chi connectivity index (χ3n) is 3.64. The summed E-state index contributed by atoms with van der Waals surface area (Å²) >= 11 is 0. The maximum Gasteiger partial charge on any atom is 0.219 e. The number of aromatic nitrogens is 4. The van der Waals surface area contributed by atoms with Crippen LogP contribution in [0, 0.1) is 5.82 Å². The summed E-state index contributed by atoms with van der Waals surface area (Å²) in [6.45, 7) is 0. The monoisotopic (exact) mass is 322 g/mol. The Morgan fingerprint density at radius 1 is 0.917 bits per heavy atom. The van der Waals surface area contributed by atoms with Gasteiger partial charge in [0, 0.05) is 18.0 Å². The highest BCUT2D eigenvalue weighted by Gasteiger charge is 2.20. The van der Waals surface area contributed by atoms with E-state index in [2.05, 4.69) is 15.1 Å². The van der Waals surface area contributed by atoms with E-state index >= 15 is 0 Å². The van der Waals surface area contributed by atoms with Gasteiger partial charge in [0.2, 0.25) is 11.8 Å². The Balaban J connectivity index is 2.09. The van der Waals surface area contributed by atoms with Crippen LogP contribution in [0.1, 0.15) is 0 Å². The van der Waals surface area contributed by atoms with E-state index in [0.29, 0.717) is 16.8 Å². The molecule has 1 aromatic carbocycles. The first kappa shape index (κ1) is 14.1. The summed E-state index contributed by atoms with van der Waals surface area (Å²) in [5.41, 5.74) is 2.83. The Labute approximate surface area is 135 Å². The molecule has 0 atom stereocenters. The lowest BCUT2D eigenvalue weighted by molar-refractivity contribution is 0.413. The topological polar surface area (TPSA) is 83.5 Å². The lowest BCUT2D eigenvalue weighted by atomic mass is 10.0. The number of pyridine rings is 1. The molecule has 0 fully saturated rings. The van der Waals surface area contributed by atoms with E-state index in [1.54, 1.807) is 36.7 Å². The number of rotatable bonds is 2. The Morgan fingerprint density at radius 2 is 1.62 bits per heavy atom. The maximum absolute atomic E-state index is 13.2. The zero-order chi connectivity index (χ0) is 16.7. The summed E-state index contributed by atoms with van der Waals surface area (Å²) < 4.78 is 14.5. The van der Waals surface area contributed by atoms with E-state index in [-0.39, 0.29) is 23.2 Å². The molecule has 0 aliphatic heterocycles. The van der Waals surface area contributed by atoms with Crippen LogP contribution in [0.3, 0.4) is 0 Å². The minimum Gasteiger partial charge on any atom is -0.493 e. The van der Waals surface area contributed by atoms with Gasteiger partial charge in [-0.2, -0.15) is 14.6 Å². The molecule has 0 saturated carbocycles. The molecular formula is C17H11FN4O2. The summed E-state index contributed by atoms with van der Waals surface area (Å²) in [5, 5.41) is 24.2. The first-order valence-electron chi connectivity index (χ1n) is 7.11. The van der Waals surface area contributed by atoms with E-state index in [4.69, 9.17) is 0 Å². The molecular weight excluding hydrogens is 311 g/mol. The predicted octanol–water partition coefficient (Wildman–Crippen LogP) is 3.01. The Morgan fingerprint density at radius 3 is 2.33 bits per heavy atom. The normalized spacial score (nSPS) is 11.0. The van der Waals surface area contributed by atoms with Crippen LogP contribution in [0.25, 0.3) is 28.0 Å². The highest BCUT2D eigenvalue weighted by Crippen LogP contribution is 2.36. The van der Waals surface area contributed by atoms with Crippen LogP contribution in [0.4, 0.5) is 4.39 Å². The van der Waals surface area contributed by atoms with Crippen LogP contribution in [0.15, 0.2) is 54.9 Å². The largest absolute Gasteiger partial charge is 0.493 e. The summed E-state index contributed by atoms with van der Waals surface area (Å²) in [6, 6.07) is 10.5. The Hall–Kier alpha value is -3.48. The zero-order valence-electron chi connectivity index (χ0n) is 12.3. The molecule has 2 N–H and O–H groups in total. The number of hydrogen-bond donors (Lipinski definition) is 2. The number of nitrogens with zero attached hydrogens (tertiary/aromatic N) is 4. The van der Waals surface area contributed by atoms with Gasteiger partial charge in [0.05, 0.1) is 11.6 Å². The molecule has 6 nitrogen and oxygen atoms in total. The van der Waals surface area contributed by atoms with Crippen LogP contribution in [-0.4, -0.2) is 29.8 Å².